The number of phenols is 1. The van der Waals surface area contributed by atoms with Crippen molar-refractivity contribution < 1.29 is 57.9 Å². The van der Waals surface area contributed by atoms with E-state index in [0.717, 1.165) is 87.9 Å². The van der Waals surface area contributed by atoms with Crippen molar-refractivity contribution in [2.24, 2.45) is 0 Å². The molecule has 0 aliphatic heterocycles. The van der Waals surface area contributed by atoms with Gasteiger partial charge >= 0.3 is 17.9 Å². The van der Waals surface area contributed by atoms with Crippen LogP contribution in [0.3, 0.4) is 0 Å². The second kappa shape index (κ2) is 27.6. The van der Waals surface area contributed by atoms with Crippen LogP contribution < -0.4 is 25.4 Å². The minimum Gasteiger partial charge on any atom is -0.507 e. The van der Waals surface area contributed by atoms with Gasteiger partial charge in [-0.25, -0.2) is 14.4 Å². The highest BCUT2D eigenvalue weighted by atomic mass is 79.9. The van der Waals surface area contributed by atoms with E-state index in [1.165, 1.54) is 19.3 Å². The number of halogens is 1. The first-order chi connectivity index (χ1) is 41.4. The highest BCUT2D eigenvalue weighted by molar-refractivity contribution is 9.09. The summed E-state index contributed by atoms with van der Waals surface area (Å²) in [6, 6.07) is 39.2. The number of carbonyl (C=O) groups is 6. The average molecular weight is 1230 g/mol. The van der Waals surface area contributed by atoms with Gasteiger partial charge in [0.15, 0.2) is 0 Å². The number of hydrogen-bond donors (Lipinski definition) is 5. The number of fused-ring (bicyclic) bond motifs is 3. The van der Waals surface area contributed by atoms with Crippen molar-refractivity contribution in [2.45, 2.75) is 165 Å². The van der Waals surface area contributed by atoms with E-state index in [0.29, 0.717) is 53.9 Å². The van der Waals surface area contributed by atoms with Gasteiger partial charge in [0.1, 0.15) is 33.9 Å². The quantitative estimate of drug-likeness (QED) is 0.0479. The molecule has 15 nitrogen and oxygen atoms in total. The molecule has 6 aromatic rings. The van der Waals surface area contributed by atoms with Crippen molar-refractivity contribution in [3.05, 3.63) is 194 Å². The summed E-state index contributed by atoms with van der Waals surface area (Å²) in [5, 5.41) is 28.7. The number of amides is 3. The fraction of sp³-hybridized carbons (Fsp3) is 0.400. The molecule has 0 unspecified atom stereocenters. The molecule has 3 fully saturated rings. The highest BCUT2D eigenvalue weighted by Crippen LogP contribution is 2.38. The van der Waals surface area contributed by atoms with Crippen LogP contribution >= 0.6 is 15.9 Å². The van der Waals surface area contributed by atoms with Crippen LogP contribution in [0.25, 0.3) is 0 Å². The number of benzene rings is 6. The van der Waals surface area contributed by atoms with E-state index in [9.17, 15) is 39.0 Å². The first kappa shape index (κ1) is 62.5. The van der Waals surface area contributed by atoms with E-state index >= 15 is 0 Å². The lowest BCUT2D eigenvalue weighted by molar-refractivity contribution is -0.151. The molecule has 452 valence electrons. The third-order valence-corrected chi connectivity index (χ3v) is 18.1. The Morgan fingerprint density at radius 2 is 0.756 bits per heavy atom. The fourth-order valence-electron chi connectivity index (χ4n) is 11.6. The number of aryl methyl sites for hydroxylation is 3. The molecular formula is C70H78BrN3O12. The van der Waals surface area contributed by atoms with Crippen LogP contribution in [0.1, 0.15) is 153 Å². The lowest BCUT2D eigenvalue weighted by atomic mass is 9.94. The van der Waals surface area contributed by atoms with Gasteiger partial charge in [0.2, 0.25) is 0 Å². The van der Waals surface area contributed by atoms with Gasteiger partial charge in [-0.15, -0.1) is 0 Å². The Morgan fingerprint density at radius 1 is 0.453 bits per heavy atom. The number of alkyl halides is 1. The van der Waals surface area contributed by atoms with Gasteiger partial charge in [0, 0.05) is 43.4 Å². The van der Waals surface area contributed by atoms with Gasteiger partial charge < -0.3 is 45.1 Å². The van der Waals surface area contributed by atoms with E-state index in [1.807, 2.05) is 105 Å². The standard InChI is InChI=1S/C24H27NO4.C22H23NO4.C20H21NO4.C4H7Br/c1-3-28-23(27)24(14-17-9-4-5-10-18(17)15-24)25-22(26)20-13-6-8-16(2)21(20)29-19-11-7-12-19;1-14-6-4-11-18(19(14)27-17-9-5-10-17)20(24)23-22(21(25)26)12-15-7-2-3-8-16(15)13-22;1-3-25-19(24)20(11-14-8-4-5-9-15(14)12-20)21-18(23)16-10-6-7-13(2)17(16)22;5-4-2-1-3-4/h4-6,8-10,13,19H,3,7,11-12,14-15H2,1-2H3,(H,25,26);2-4,6-8,11,17H,5,9-10,12-13H2,1H3,(H,23,24)(H,25,26);4-10,22H,3,11-12H2,1-2H3,(H,21,23);4H,1-3H2. The minimum absolute atomic E-state index is 0.0745. The number of carboxylic acids is 1. The molecular weight excluding hydrogens is 1150 g/mol. The summed E-state index contributed by atoms with van der Waals surface area (Å²) >= 11 is 3.46. The van der Waals surface area contributed by atoms with Crippen molar-refractivity contribution in [1.29, 1.82) is 0 Å². The SMILES string of the molecule is BrC1CCC1.CCOC(=O)C1(NC(=O)c2cccc(C)c2O)Cc2ccccc2C1.CCOC(=O)C1(NC(=O)c2cccc(C)c2OC2CCC2)Cc2ccccc2C1.Cc1cccc(C(=O)NC2(C(=O)O)Cc3ccccc3C2)c1OC1CCC1. The number of aliphatic carboxylic acids is 1. The van der Waals surface area contributed by atoms with Crippen molar-refractivity contribution in [3.63, 3.8) is 0 Å². The van der Waals surface area contributed by atoms with Crippen LogP contribution in [0, 0.1) is 20.8 Å². The molecule has 0 aromatic heterocycles. The molecule has 86 heavy (non-hydrogen) atoms. The summed E-state index contributed by atoms with van der Waals surface area (Å²) in [6.07, 6.45) is 13.0. The zero-order chi connectivity index (χ0) is 61.2. The molecule has 3 amide bonds. The molecule has 0 radical (unpaired) electrons. The molecule has 0 saturated heterocycles. The number of esters is 2. The topological polar surface area (TPSA) is 216 Å². The third-order valence-electron chi connectivity index (χ3n) is 17.2. The maximum Gasteiger partial charge on any atom is 0.332 e. The van der Waals surface area contributed by atoms with E-state index in [1.54, 1.807) is 57.2 Å². The molecule has 6 aliphatic rings. The van der Waals surface area contributed by atoms with Crippen molar-refractivity contribution >= 4 is 51.6 Å². The van der Waals surface area contributed by atoms with E-state index in [4.69, 9.17) is 18.9 Å². The zero-order valence-electron chi connectivity index (χ0n) is 49.7. The molecule has 6 aliphatic carbocycles. The molecule has 0 spiro atoms. The predicted octanol–water partition coefficient (Wildman–Crippen LogP) is 11.5. The normalized spacial score (nSPS) is 17.1. The van der Waals surface area contributed by atoms with Gasteiger partial charge in [-0.3, -0.25) is 14.4 Å². The Morgan fingerprint density at radius 3 is 1.06 bits per heavy atom. The summed E-state index contributed by atoms with van der Waals surface area (Å²) in [5.41, 5.74) is 5.98. The van der Waals surface area contributed by atoms with Crippen LogP contribution in [0.15, 0.2) is 127 Å². The van der Waals surface area contributed by atoms with Gasteiger partial charge in [-0.1, -0.05) is 132 Å². The lowest BCUT2D eigenvalue weighted by Gasteiger charge is -2.30. The summed E-state index contributed by atoms with van der Waals surface area (Å²) in [7, 11) is 0. The third kappa shape index (κ3) is 14.1. The molecule has 3 saturated carbocycles. The van der Waals surface area contributed by atoms with Crippen molar-refractivity contribution in [2.75, 3.05) is 13.2 Å². The minimum atomic E-state index is -1.32. The largest absolute Gasteiger partial charge is 0.507 e. The molecule has 12 rings (SSSR count). The summed E-state index contributed by atoms with van der Waals surface area (Å²) in [5.74, 6) is -1.94. The monoisotopic (exact) mass is 1230 g/mol. The summed E-state index contributed by atoms with van der Waals surface area (Å²) in [6.45, 7) is 9.59. The lowest BCUT2D eigenvalue weighted by Crippen LogP contribution is -2.56. The number of carboxylic acid groups (broad SMARTS) is 1. The highest BCUT2D eigenvalue weighted by Gasteiger charge is 2.49. The first-order valence-corrected chi connectivity index (χ1v) is 31.0. The average Bonchev–Trinajstić information content (AvgIpc) is 2.13. The number of para-hydroxylation sites is 3. The number of carbonyl (C=O) groups excluding carboxylic acids is 5. The molecule has 0 bridgehead atoms. The van der Waals surface area contributed by atoms with Crippen molar-refractivity contribution in [3.8, 4) is 17.2 Å². The maximum atomic E-state index is 13.3. The van der Waals surface area contributed by atoms with Crippen molar-refractivity contribution in [1.82, 2.24) is 16.0 Å². The number of aromatic hydroxyl groups is 1. The Kier molecular flexibility index (Phi) is 20.1. The summed E-state index contributed by atoms with van der Waals surface area (Å²) < 4.78 is 22.8. The molecule has 16 heteroatoms. The van der Waals surface area contributed by atoms with Gasteiger partial charge in [0.05, 0.1) is 42.1 Å². The molecule has 5 N–H and O–H groups in total. The molecule has 6 aromatic carbocycles. The fourth-order valence-corrected chi connectivity index (χ4v) is 12.2. The Hall–Kier alpha value is -7.98. The zero-order valence-corrected chi connectivity index (χ0v) is 51.3. The second-order valence-electron chi connectivity index (χ2n) is 23.5. The van der Waals surface area contributed by atoms with Crippen LogP contribution in [0.5, 0.6) is 17.2 Å². The molecule has 0 heterocycles. The van der Waals surface area contributed by atoms with E-state index in [2.05, 4.69) is 31.9 Å². The van der Waals surface area contributed by atoms with Gasteiger partial charge in [-0.05, 0) is 154 Å². The molecule has 0 atom stereocenters. The Bertz CT molecular complexity index is 3400. The number of ether oxygens (including phenoxy) is 4. The number of rotatable bonds is 15. The van der Waals surface area contributed by atoms with Gasteiger partial charge in [0.25, 0.3) is 17.7 Å². The van der Waals surface area contributed by atoms with Crippen LogP contribution in [-0.4, -0.2) is 92.7 Å². The first-order valence-electron chi connectivity index (χ1n) is 30.1. The van der Waals surface area contributed by atoms with Crippen LogP contribution in [0.2, 0.25) is 0 Å². The van der Waals surface area contributed by atoms with Gasteiger partial charge in [-0.2, -0.15) is 0 Å². The number of nitrogens with one attached hydrogen (secondary N) is 3. The maximum absolute atomic E-state index is 13.3. The smallest absolute Gasteiger partial charge is 0.332 e. The van der Waals surface area contributed by atoms with E-state index < -0.39 is 46.3 Å². The van der Waals surface area contributed by atoms with Crippen LogP contribution in [-0.2, 0) is 62.4 Å². The predicted molar refractivity (Wildman–Crippen MR) is 331 cm³/mol. The second-order valence-corrected chi connectivity index (χ2v) is 24.8. The van der Waals surface area contributed by atoms with Crippen LogP contribution in [0.4, 0.5) is 0 Å². The number of hydrogen-bond acceptors (Lipinski definition) is 11. The summed E-state index contributed by atoms with van der Waals surface area (Å²) in [4.78, 5) is 77.7. The van der Waals surface area contributed by atoms with E-state index in [-0.39, 0.29) is 55.5 Å². The number of phenolic OH excluding ortho intramolecular Hbond substituents is 1. The Labute approximate surface area is 512 Å². The Balaban J connectivity index is 0.000000148.